The van der Waals surface area contributed by atoms with E-state index in [0.29, 0.717) is 11.7 Å². The molecule has 0 aliphatic carbocycles. The Hall–Kier alpha value is -3.01. The van der Waals surface area contributed by atoms with Crippen LogP contribution < -0.4 is 10.1 Å². The average Bonchev–Trinajstić information content (AvgIpc) is 3.18. The van der Waals surface area contributed by atoms with Gasteiger partial charge in [0.25, 0.3) is 5.91 Å². The Morgan fingerprint density at radius 1 is 1.07 bits per heavy atom. The molecule has 0 saturated carbocycles. The molecule has 0 spiro atoms. The number of furan rings is 1. The van der Waals surface area contributed by atoms with Crippen LogP contribution in [0.4, 0.5) is 5.69 Å². The molecule has 4 heteroatoms. The molecule has 1 unspecified atom stereocenters. The van der Waals surface area contributed by atoms with E-state index in [0.717, 1.165) is 29.0 Å². The van der Waals surface area contributed by atoms with Gasteiger partial charge >= 0.3 is 0 Å². The minimum absolute atomic E-state index is 0.266. The minimum atomic E-state index is -0.266. The maximum Gasteiger partial charge on any atom is 0.291 e. The molecule has 1 atom stereocenters. The molecule has 1 aromatic heterocycles. The second kappa shape index (κ2) is 8.79. The van der Waals surface area contributed by atoms with Gasteiger partial charge in [-0.25, -0.2) is 0 Å². The van der Waals surface area contributed by atoms with Crippen LogP contribution in [0, 0.1) is 13.8 Å². The Balaban J connectivity index is 1.59. The van der Waals surface area contributed by atoms with E-state index < -0.39 is 0 Å². The summed E-state index contributed by atoms with van der Waals surface area (Å²) < 4.78 is 11.4. The van der Waals surface area contributed by atoms with Crippen molar-refractivity contribution < 1.29 is 13.9 Å². The molecule has 4 nitrogen and oxygen atoms in total. The van der Waals surface area contributed by atoms with Crippen molar-refractivity contribution in [2.75, 3.05) is 5.32 Å². The van der Waals surface area contributed by atoms with Gasteiger partial charge in [0, 0.05) is 5.69 Å². The predicted octanol–water partition coefficient (Wildman–Crippen LogP) is 6.24. The minimum Gasteiger partial charge on any atom is -0.486 e. The first-order valence-corrected chi connectivity index (χ1v) is 9.66. The highest BCUT2D eigenvalue weighted by Crippen LogP contribution is 2.23. The third-order valence-electron chi connectivity index (χ3n) is 4.97. The molecule has 2 aromatic carbocycles. The van der Waals surface area contributed by atoms with Gasteiger partial charge in [-0.1, -0.05) is 38.1 Å². The summed E-state index contributed by atoms with van der Waals surface area (Å²) in [5, 5.41) is 2.90. The van der Waals surface area contributed by atoms with Gasteiger partial charge in [0.1, 0.15) is 18.1 Å². The molecule has 0 aliphatic heterocycles. The quantitative estimate of drug-likeness (QED) is 0.530. The van der Waals surface area contributed by atoms with Crippen LogP contribution in [0.15, 0.2) is 59.0 Å². The van der Waals surface area contributed by atoms with Gasteiger partial charge in [0.15, 0.2) is 5.76 Å². The third-order valence-corrected chi connectivity index (χ3v) is 4.97. The van der Waals surface area contributed by atoms with Crippen molar-refractivity contribution in [1.82, 2.24) is 0 Å². The average molecular weight is 377 g/mol. The summed E-state index contributed by atoms with van der Waals surface area (Å²) in [7, 11) is 0. The molecule has 0 fully saturated rings. The summed E-state index contributed by atoms with van der Waals surface area (Å²) in [6, 6.07) is 17.5. The van der Waals surface area contributed by atoms with Crippen molar-refractivity contribution in [2.24, 2.45) is 0 Å². The lowest BCUT2D eigenvalue weighted by atomic mass is 9.99. The zero-order valence-electron chi connectivity index (χ0n) is 16.9. The zero-order valence-corrected chi connectivity index (χ0v) is 16.9. The molecule has 1 heterocycles. The second-order valence-corrected chi connectivity index (χ2v) is 7.21. The van der Waals surface area contributed by atoms with E-state index in [1.807, 2.05) is 44.2 Å². The zero-order chi connectivity index (χ0) is 20.1. The Kier molecular flexibility index (Phi) is 6.19. The SMILES string of the molecule is CCC(C)c1ccc(OCc2ccc(C(=O)Nc3cc(C)ccc3C)o2)cc1. The van der Waals surface area contributed by atoms with E-state index >= 15 is 0 Å². The number of nitrogens with one attached hydrogen (secondary N) is 1. The second-order valence-electron chi connectivity index (χ2n) is 7.21. The molecule has 3 aromatic rings. The van der Waals surface area contributed by atoms with E-state index in [9.17, 15) is 4.79 Å². The van der Waals surface area contributed by atoms with Crippen molar-refractivity contribution in [3.63, 3.8) is 0 Å². The Labute approximate surface area is 166 Å². The summed E-state index contributed by atoms with van der Waals surface area (Å²) in [6.07, 6.45) is 1.11. The van der Waals surface area contributed by atoms with Gasteiger partial charge in [-0.05, 0) is 73.2 Å². The fourth-order valence-corrected chi connectivity index (χ4v) is 2.91. The van der Waals surface area contributed by atoms with Gasteiger partial charge in [0.2, 0.25) is 0 Å². The fraction of sp³-hybridized carbons (Fsp3) is 0.292. The largest absolute Gasteiger partial charge is 0.486 e. The molecular weight excluding hydrogens is 350 g/mol. The van der Waals surface area contributed by atoms with E-state index in [1.165, 1.54) is 5.56 Å². The fourth-order valence-electron chi connectivity index (χ4n) is 2.91. The summed E-state index contributed by atoms with van der Waals surface area (Å²) >= 11 is 0. The van der Waals surface area contributed by atoms with E-state index in [1.54, 1.807) is 12.1 Å². The van der Waals surface area contributed by atoms with Crippen LogP contribution in [0.3, 0.4) is 0 Å². The summed E-state index contributed by atoms with van der Waals surface area (Å²) in [6.45, 7) is 8.62. The Morgan fingerprint density at radius 2 is 1.82 bits per heavy atom. The van der Waals surface area contributed by atoms with Crippen LogP contribution in [-0.2, 0) is 6.61 Å². The van der Waals surface area contributed by atoms with Crippen LogP contribution in [0.2, 0.25) is 0 Å². The first-order chi connectivity index (χ1) is 13.5. The number of aryl methyl sites for hydroxylation is 2. The molecule has 0 saturated heterocycles. The topological polar surface area (TPSA) is 51.5 Å². The van der Waals surface area contributed by atoms with Crippen LogP contribution in [0.25, 0.3) is 0 Å². The number of hydrogen-bond donors (Lipinski definition) is 1. The molecule has 0 bridgehead atoms. The number of hydrogen-bond acceptors (Lipinski definition) is 3. The first-order valence-electron chi connectivity index (χ1n) is 9.66. The standard InChI is InChI=1S/C24H27NO3/c1-5-17(3)19-8-10-20(11-9-19)27-15-21-12-13-23(28-21)24(26)25-22-14-16(2)6-7-18(22)4/h6-14,17H,5,15H2,1-4H3,(H,25,26). The molecule has 0 aliphatic rings. The van der Waals surface area contributed by atoms with Crippen LogP contribution >= 0.6 is 0 Å². The molecule has 28 heavy (non-hydrogen) atoms. The Bertz CT molecular complexity index is 941. The first kappa shape index (κ1) is 19.7. The van der Waals surface area contributed by atoms with Gasteiger partial charge < -0.3 is 14.5 Å². The number of carbonyl (C=O) groups is 1. The highest BCUT2D eigenvalue weighted by molar-refractivity contribution is 6.02. The number of benzene rings is 2. The van der Waals surface area contributed by atoms with Crippen molar-refractivity contribution in [3.8, 4) is 5.75 Å². The highest BCUT2D eigenvalue weighted by Gasteiger charge is 2.13. The smallest absolute Gasteiger partial charge is 0.291 e. The van der Waals surface area contributed by atoms with Gasteiger partial charge in [-0.3, -0.25) is 4.79 Å². The number of anilines is 1. The van der Waals surface area contributed by atoms with Crippen LogP contribution in [0.5, 0.6) is 5.75 Å². The maximum atomic E-state index is 12.4. The molecule has 1 N–H and O–H groups in total. The van der Waals surface area contributed by atoms with E-state index in [-0.39, 0.29) is 18.3 Å². The lowest BCUT2D eigenvalue weighted by Gasteiger charge is -2.10. The molecular formula is C24H27NO3. The van der Waals surface area contributed by atoms with E-state index in [4.69, 9.17) is 9.15 Å². The summed E-state index contributed by atoms with van der Waals surface area (Å²) in [4.78, 5) is 12.4. The Morgan fingerprint density at radius 3 is 2.54 bits per heavy atom. The normalized spacial score (nSPS) is 11.9. The lowest BCUT2D eigenvalue weighted by Crippen LogP contribution is -2.12. The number of ether oxygens (including phenoxy) is 1. The highest BCUT2D eigenvalue weighted by atomic mass is 16.5. The van der Waals surface area contributed by atoms with Crippen molar-refractivity contribution in [3.05, 3.63) is 82.8 Å². The third kappa shape index (κ3) is 4.83. The van der Waals surface area contributed by atoms with Gasteiger partial charge in [-0.2, -0.15) is 0 Å². The lowest BCUT2D eigenvalue weighted by molar-refractivity contribution is 0.0992. The summed E-state index contributed by atoms with van der Waals surface area (Å²) in [5.74, 6) is 1.93. The van der Waals surface area contributed by atoms with Gasteiger partial charge in [-0.15, -0.1) is 0 Å². The van der Waals surface area contributed by atoms with Crippen molar-refractivity contribution >= 4 is 11.6 Å². The van der Waals surface area contributed by atoms with Crippen LogP contribution in [-0.4, -0.2) is 5.91 Å². The molecule has 3 rings (SSSR count). The number of rotatable bonds is 7. The number of carbonyl (C=O) groups excluding carboxylic acids is 1. The molecule has 1 amide bonds. The van der Waals surface area contributed by atoms with E-state index in [2.05, 4.69) is 31.3 Å². The van der Waals surface area contributed by atoms with Gasteiger partial charge in [0.05, 0.1) is 0 Å². The predicted molar refractivity (Wildman–Crippen MR) is 112 cm³/mol. The van der Waals surface area contributed by atoms with Crippen molar-refractivity contribution in [2.45, 2.75) is 46.6 Å². The summed E-state index contributed by atoms with van der Waals surface area (Å²) in [5.41, 5.74) is 4.20. The van der Waals surface area contributed by atoms with Crippen LogP contribution in [0.1, 0.15) is 59.2 Å². The monoisotopic (exact) mass is 377 g/mol. The maximum absolute atomic E-state index is 12.4. The molecule has 0 radical (unpaired) electrons. The van der Waals surface area contributed by atoms with Crippen molar-refractivity contribution in [1.29, 1.82) is 0 Å². The number of amides is 1. The molecule has 146 valence electrons.